The van der Waals surface area contributed by atoms with E-state index in [2.05, 4.69) is 10.0 Å². The summed E-state index contributed by atoms with van der Waals surface area (Å²) >= 11 is 11.9. The van der Waals surface area contributed by atoms with Gasteiger partial charge in [-0.15, -0.1) is 0 Å². The fraction of sp³-hybridized carbons (Fsp3) is 0.350. The lowest BCUT2D eigenvalue weighted by Gasteiger charge is -2.22. The first-order valence-corrected chi connectivity index (χ1v) is 11.7. The quantitative estimate of drug-likeness (QED) is 0.642. The van der Waals surface area contributed by atoms with Crippen LogP contribution in [0.15, 0.2) is 41.3 Å². The fourth-order valence-electron chi connectivity index (χ4n) is 3.18. The molecule has 156 valence electrons. The molecule has 1 amide bonds. The zero-order valence-corrected chi connectivity index (χ0v) is 18.4. The van der Waals surface area contributed by atoms with Crippen LogP contribution in [0.25, 0.3) is 0 Å². The molecule has 1 fully saturated rings. The van der Waals surface area contributed by atoms with Crippen LogP contribution < -0.4 is 14.9 Å². The first-order chi connectivity index (χ1) is 13.8. The molecule has 0 unspecified atom stereocenters. The standard InChI is InChI=1S/C20H23Cl2N3O3S/c1-2-9-23-29(27,28)19-12-14(5-8-18(19)25-10-3-4-11-25)20(26)24-15-6-7-16(21)17(22)13-15/h5-8,12-13,23H,2-4,9-11H2,1H3,(H,24,26). The van der Waals surface area contributed by atoms with E-state index in [9.17, 15) is 13.2 Å². The van der Waals surface area contributed by atoms with E-state index < -0.39 is 15.9 Å². The zero-order valence-electron chi connectivity index (χ0n) is 16.0. The molecular weight excluding hydrogens is 433 g/mol. The molecule has 3 rings (SSSR count). The van der Waals surface area contributed by atoms with Gasteiger partial charge in [0.05, 0.1) is 15.7 Å². The van der Waals surface area contributed by atoms with Crippen molar-refractivity contribution < 1.29 is 13.2 Å². The second-order valence-electron chi connectivity index (χ2n) is 6.86. The van der Waals surface area contributed by atoms with Crippen molar-refractivity contribution in [1.29, 1.82) is 0 Å². The van der Waals surface area contributed by atoms with Crippen molar-refractivity contribution in [2.24, 2.45) is 0 Å². The van der Waals surface area contributed by atoms with Crippen molar-refractivity contribution in [3.8, 4) is 0 Å². The lowest BCUT2D eigenvalue weighted by molar-refractivity contribution is 0.102. The maximum absolute atomic E-state index is 12.9. The van der Waals surface area contributed by atoms with Crippen LogP contribution in [0.1, 0.15) is 36.5 Å². The molecule has 0 saturated carbocycles. The van der Waals surface area contributed by atoms with Gasteiger partial charge in [-0.25, -0.2) is 13.1 Å². The van der Waals surface area contributed by atoms with Gasteiger partial charge >= 0.3 is 0 Å². The largest absolute Gasteiger partial charge is 0.370 e. The molecule has 1 heterocycles. The number of hydrogen-bond acceptors (Lipinski definition) is 4. The third-order valence-electron chi connectivity index (χ3n) is 4.68. The molecular formula is C20H23Cl2N3O3S. The molecule has 29 heavy (non-hydrogen) atoms. The minimum Gasteiger partial charge on any atom is -0.370 e. The summed E-state index contributed by atoms with van der Waals surface area (Å²) < 4.78 is 28.4. The Morgan fingerprint density at radius 2 is 1.79 bits per heavy atom. The Kier molecular flexibility index (Phi) is 7.05. The van der Waals surface area contributed by atoms with E-state index in [1.54, 1.807) is 30.3 Å². The first-order valence-electron chi connectivity index (χ1n) is 9.47. The Bertz CT molecular complexity index is 1010. The van der Waals surface area contributed by atoms with Crippen LogP contribution in [-0.4, -0.2) is 34.0 Å². The number of carbonyl (C=O) groups is 1. The van der Waals surface area contributed by atoms with Crippen LogP contribution in [-0.2, 0) is 10.0 Å². The lowest BCUT2D eigenvalue weighted by atomic mass is 10.1. The Hall–Kier alpha value is -1.80. The highest BCUT2D eigenvalue weighted by Crippen LogP contribution is 2.30. The highest BCUT2D eigenvalue weighted by molar-refractivity contribution is 7.89. The van der Waals surface area contributed by atoms with Gasteiger partial charge in [-0.05, 0) is 55.7 Å². The topological polar surface area (TPSA) is 78.5 Å². The van der Waals surface area contributed by atoms with Crippen LogP contribution in [0.2, 0.25) is 10.0 Å². The minimum atomic E-state index is -3.74. The summed E-state index contributed by atoms with van der Waals surface area (Å²) in [5.41, 5.74) is 1.34. The number of halogens is 2. The molecule has 0 aliphatic carbocycles. The van der Waals surface area contributed by atoms with Gasteiger partial charge in [-0.2, -0.15) is 0 Å². The first kappa shape index (κ1) is 21.9. The Morgan fingerprint density at radius 1 is 1.07 bits per heavy atom. The van der Waals surface area contributed by atoms with E-state index in [1.807, 2.05) is 11.8 Å². The van der Waals surface area contributed by atoms with Crippen LogP contribution in [0.3, 0.4) is 0 Å². The van der Waals surface area contributed by atoms with Gasteiger partial charge in [0, 0.05) is 30.9 Å². The van der Waals surface area contributed by atoms with E-state index in [-0.39, 0.29) is 10.5 Å². The third kappa shape index (κ3) is 5.22. The summed E-state index contributed by atoms with van der Waals surface area (Å²) in [6.07, 6.45) is 2.71. The number of anilines is 2. The predicted octanol–water partition coefficient (Wildman–Crippen LogP) is 4.53. The molecule has 0 spiro atoms. The maximum atomic E-state index is 12.9. The molecule has 1 saturated heterocycles. The molecule has 0 aromatic heterocycles. The number of carbonyl (C=O) groups excluding carboxylic acids is 1. The van der Waals surface area contributed by atoms with Crippen LogP contribution in [0.4, 0.5) is 11.4 Å². The van der Waals surface area contributed by atoms with Crippen molar-refractivity contribution in [2.45, 2.75) is 31.1 Å². The predicted molar refractivity (Wildman–Crippen MR) is 118 cm³/mol. The number of nitrogens with one attached hydrogen (secondary N) is 2. The van der Waals surface area contributed by atoms with Gasteiger partial charge in [-0.1, -0.05) is 30.1 Å². The zero-order chi connectivity index (χ0) is 21.0. The molecule has 1 aliphatic heterocycles. The summed E-state index contributed by atoms with van der Waals surface area (Å²) in [6.45, 7) is 3.82. The van der Waals surface area contributed by atoms with E-state index in [0.717, 1.165) is 25.9 Å². The van der Waals surface area contributed by atoms with E-state index >= 15 is 0 Å². The van der Waals surface area contributed by atoms with Crippen molar-refractivity contribution >= 4 is 50.5 Å². The Balaban J connectivity index is 1.93. The summed E-state index contributed by atoms with van der Waals surface area (Å²) in [4.78, 5) is 14.9. The summed E-state index contributed by atoms with van der Waals surface area (Å²) in [6, 6.07) is 9.53. The lowest BCUT2D eigenvalue weighted by Crippen LogP contribution is -2.28. The highest BCUT2D eigenvalue weighted by Gasteiger charge is 2.25. The molecule has 1 aliphatic rings. The summed E-state index contributed by atoms with van der Waals surface area (Å²) in [7, 11) is -3.74. The number of rotatable bonds is 7. The van der Waals surface area contributed by atoms with Crippen molar-refractivity contribution in [3.05, 3.63) is 52.0 Å². The number of benzene rings is 2. The molecule has 2 N–H and O–H groups in total. The van der Waals surface area contributed by atoms with E-state index in [1.165, 1.54) is 6.07 Å². The average Bonchev–Trinajstić information content (AvgIpc) is 3.23. The molecule has 0 bridgehead atoms. The van der Waals surface area contributed by atoms with Gasteiger partial charge in [0.2, 0.25) is 10.0 Å². The fourth-order valence-corrected chi connectivity index (χ4v) is 4.86. The van der Waals surface area contributed by atoms with Gasteiger partial charge in [0.1, 0.15) is 4.90 Å². The minimum absolute atomic E-state index is 0.120. The molecule has 2 aromatic carbocycles. The normalized spacial score (nSPS) is 14.2. The average molecular weight is 456 g/mol. The summed E-state index contributed by atoms with van der Waals surface area (Å²) in [5.74, 6) is -0.427. The third-order valence-corrected chi connectivity index (χ3v) is 6.91. The van der Waals surface area contributed by atoms with Gasteiger partial charge in [-0.3, -0.25) is 4.79 Å². The van der Waals surface area contributed by atoms with E-state index in [4.69, 9.17) is 23.2 Å². The van der Waals surface area contributed by atoms with Gasteiger partial charge in [0.25, 0.3) is 5.91 Å². The molecule has 6 nitrogen and oxygen atoms in total. The van der Waals surface area contributed by atoms with Gasteiger partial charge < -0.3 is 10.2 Å². The van der Waals surface area contributed by atoms with E-state index in [0.29, 0.717) is 34.4 Å². The molecule has 2 aromatic rings. The van der Waals surface area contributed by atoms with Crippen LogP contribution in [0, 0.1) is 0 Å². The second-order valence-corrected chi connectivity index (χ2v) is 9.41. The number of nitrogens with zero attached hydrogens (tertiary/aromatic N) is 1. The van der Waals surface area contributed by atoms with Crippen molar-refractivity contribution in [2.75, 3.05) is 29.9 Å². The number of hydrogen-bond donors (Lipinski definition) is 2. The maximum Gasteiger partial charge on any atom is 0.255 e. The number of sulfonamides is 1. The van der Waals surface area contributed by atoms with Crippen molar-refractivity contribution in [3.63, 3.8) is 0 Å². The van der Waals surface area contributed by atoms with Crippen LogP contribution in [0.5, 0.6) is 0 Å². The Morgan fingerprint density at radius 3 is 2.45 bits per heavy atom. The summed E-state index contributed by atoms with van der Waals surface area (Å²) in [5, 5.41) is 3.43. The van der Waals surface area contributed by atoms with Crippen molar-refractivity contribution in [1.82, 2.24) is 4.72 Å². The SMILES string of the molecule is CCCNS(=O)(=O)c1cc(C(=O)Nc2ccc(Cl)c(Cl)c2)ccc1N1CCCC1. The highest BCUT2D eigenvalue weighted by atomic mass is 35.5. The molecule has 0 radical (unpaired) electrons. The molecule has 0 atom stereocenters. The smallest absolute Gasteiger partial charge is 0.255 e. The van der Waals surface area contributed by atoms with Crippen LogP contribution >= 0.6 is 23.2 Å². The number of amides is 1. The Labute approximate surface area is 181 Å². The monoisotopic (exact) mass is 455 g/mol. The molecule has 9 heteroatoms. The van der Waals surface area contributed by atoms with Gasteiger partial charge in [0.15, 0.2) is 0 Å². The second kappa shape index (κ2) is 9.34.